The molecule has 1 saturated heterocycles. The summed E-state index contributed by atoms with van der Waals surface area (Å²) in [7, 11) is 2.09. The molecule has 0 bridgehead atoms. The minimum atomic E-state index is -0.760. The summed E-state index contributed by atoms with van der Waals surface area (Å²) in [6, 6.07) is 0. The summed E-state index contributed by atoms with van der Waals surface area (Å²) in [5.41, 5.74) is -0.289. The standard InChI is InChI=1S/C10H22N2O2/c1-10(2,3)14-9(13)12-7-5-11(4)6-8-12/h9,13H,5-8H2,1-4H3. The molecule has 0 amide bonds. The summed E-state index contributed by atoms with van der Waals surface area (Å²) in [4.78, 5) is 4.21. The fourth-order valence-electron chi connectivity index (χ4n) is 1.43. The second-order valence-electron chi connectivity index (χ2n) is 4.90. The maximum Gasteiger partial charge on any atom is 0.216 e. The van der Waals surface area contributed by atoms with Crippen molar-refractivity contribution < 1.29 is 9.84 Å². The van der Waals surface area contributed by atoms with Crippen LogP contribution in [0.5, 0.6) is 0 Å². The first-order valence-corrected chi connectivity index (χ1v) is 5.17. The topological polar surface area (TPSA) is 35.9 Å². The van der Waals surface area contributed by atoms with Gasteiger partial charge in [0.2, 0.25) is 6.41 Å². The van der Waals surface area contributed by atoms with Gasteiger partial charge in [-0.05, 0) is 27.8 Å². The highest BCUT2D eigenvalue weighted by Gasteiger charge is 2.24. The molecule has 4 nitrogen and oxygen atoms in total. The molecule has 1 rings (SSSR count). The van der Waals surface area contributed by atoms with Crippen LogP contribution in [0.4, 0.5) is 0 Å². The molecule has 1 atom stereocenters. The van der Waals surface area contributed by atoms with E-state index in [0.717, 1.165) is 26.2 Å². The minimum absolute atomic E-state index is 0.289. The molecule has 0 saturated carbocycles. The van der Waals surface area contributed by atoms with E-state index < -0.39 is 6.41 Å². The first kappa shape index (κ1) is 11.9. The second-order valence-corrected chi connectivity index (χ2v) is 4.90. The highest BCUT2D eigenvalue weighted by atomic mass is 16.6. The van der Waals surface area contributed by atoms with E-state index in [0.29, 0.717) is 0 Å². The lowest BCUT2D eigenvalue weighted by atomic mass is 10.2. The maximum atomic E-state index is 9.78. The quantitative estimate of drug-likeness (QED) is 0.654. The number of nitrogens with zero attached hydrogens (tertiary/aromatic N) is 2. The van der Waals surface area contributed by atoms with Gasteiger partial charge in [-0.25, -0.2) is 0 Å². The molecule has 1 heterocycles. The largest absolute Gasteiger partial charge is 0.356 e. The molecule has 1 N–H and O–H groups in total. The van der Waals surface area contributed by atoms with Crippen molar-refractivity contribution in [2.45, 2.75) is 32.8 Å². The van der Waals surface area contributed by atoms with Crippen molar-refractivity contribution in [2.75, 3.05) is 33.2 Å². The van der Waals surface area contributed by atoms with Gasteiger partial charge in [0.25, 0.3) is 0 Å². The third kappa shape index (κ3) is 3.92. The number of piperazine rings is 1. The third-order valence-corrected chi connectivity index (χ3v) is 2.31. The number of likely N-dealkylation sites (N-methyl/N-ethyl adjacent to an activating group) is 1. The molecule has 1 aliphatic rings. The van der Waals surface area contributed by atoms with Crippen LogP contribution in [0.2, 0.25) is 0 Å². The average Bonchev–Trinajstić information content (AvgIpc) is 2.02. The summed E-state index contributed by atoms with van der Waals surface area (Å²) in [6.07, 6.45) is -0.760. The summed E-state index contributed by atoms with van der Waals surface area (Å²) < 4.78 is 5.48. The summed E-state index contributed by atoms with van der Waals surface area (Å²) in [5, 5.41) is 9.78. The van der Waals surface area contributed by atoms with E-state index >= 15 is 0 Å². The monoisotopic (exact) mass is 202 g/mol. The van der Waals surface area contributed by atoms with Crippen molar-refractivity contribution in [1.29, 1.82) is 0 Å². The molecule has 0 aromatic heterocycles. The van der Waals surface area contributed by atoms with Crippen LogP contribution in [0.15, 0.2) is 0 Å². The fourth-order valence-corrected chi connectivity index (χ4v) is 1.43. The van der Waals surface area contributed by atoms with Crippen molar-refractivity contribution in [3.63, 3.8) is 0 Å². The number of aliphatic hydroxyl groups is 1. The van der Waals surface area contributed by atoms with E-state index in [1.165, 1.54) is 0 Å². The van der Waals surface area contributed by atoms with Crippen LogP contribution in [0.25, 0.3) is 0 Å². The third-order valence-electron chi connectivity index (χ3n) is 2.31. The maximum absolute atomic E-state index is 9.78. The molecular weight excluding hydrogens is 180 g/mol. The van der Waals surface area contributed by atoms with E-state index in [4.69, 9.17) is 4.74 Å². The lowest BCUT2D eigenvalue weighted by Crippen LogP contribution is -2.51. The van der Waals surface area contributed by atoms with Crippen LogP contribution >= 0.6 is 0 Å². The molecule has 14 heavy (non-hydrogen) atoms. The molecule has 1 fully saturated rings. The van der Waals surface area contributed by atoms with Gasteiger partial charge in [0.05, 0.1) is 5.60 Å². The zero-order chi connectivity index (χ0) is 10.8. The van der Waals surface area contributed by atoms with Gasteiger partial charge in [-0.3, -0.25) is 4.90 Å². The molecule has 1 aliphatic heterocycles. The van der Waals surface area contributed by atoms with Gasteiger partial charge in [0.1, 0.15) is 0 Å². The second kappa shape index (κ2) is 4.57. The Morgan fingerprint density at radius 3 is 2.07 bits per heavy atom. The van der Waals surface area contributed by atoms with Crippen LogP contribution in [-0.2, 0) is 4.74 Å². The highest BCUT2D eigenvalue weighted by molar-refractivity contribution is 4.70. The zero-order valence-corrected chi connectivity index (χ0v) is 9.66. The summed E-state index contributed by atoms with van der Waals surface area (Å²) in [6.45, 7) is 9.57. The van der Waals surface area contributed by atoms with Gasteiger partial charge in [-0.2, -0.15) is 0 Å². The number of ether oxygens (including phenoxy) is 1. The lowest BCUT2D eigenvalue weighted by Gasteiger charge is -2.37. The predicted molar refractivity (Wildman–Crippen MR) is 55.9 cm³/mol. The molecule has 0 radical (unpaired) electrons. The number of aliphatic hydroxyl groups excluding tert-OH is 1. The van der Waals surface area contributed by atoms with Gasteiger partial charge >= 0.3 is 0 Å². The number of rotatable bonds is 2. The normalized spacial score (nSPS) is 23.8. The Hall–Kier alpha value is -0.160. The molecule has 0 aliphatic carbocycles. The fraction of sp³-hybridized carbons (Fsp3) is 1.00. The van der Waals surface area contributed by atoms with E-state index in [-0.39, 0.29) is 5.60 Å². The van der Waals surface area contributed by atoms with Crippen LogP contribution in [0.3, 0.4) is 0 Å². The van der Waals surface area contributed by atoms with E-state index in [1.54, 1.807) is 0 Å². The SMILES string of the molecule is CN1CCN(C(O)OC(C)(C)C)CC1. The molecule has 0 spiro atoms. The van der Waals surface area contributed by atoms with Crippen molar-refractivity contribution in [1.82, 2.24) is 9.80 Å². The minimum Gasteiger partial charge on any atom is -0.356 e. The van der Waals surface area contributed by atoms with Crippen LogP contribution < -0.4 is 0 Å². The van der Waals surface area contributed by atoms with Crippen molar-refractivity contribution in [3.05, 3.63) is 0 Å². The van der Waals surface area contributed by atoms with Crippen LogP contribution in [0.1, 0.15) is 20.8 Å². The van der Waals surface area contributed by atoms with Gasteiger partial charge in [0, 0.05) is 26.2 Å². The Kier molecular flexibility index (Phi) is 3.89. The van der Waals surface area contributed by atoms with E-state index in [2.05, 4.69) is 11.9 Å². The zero-order valence-electron chi connectivity index (χ0n) is 9.66. The van der Waals surface area contributed by atoms with Crippen molar-refractivity contribution in [3.8, 4) is 0 Å². The van der Waals surface area contributed by atoms with Crippen molar-refractivity contribution in [2.24, 2.45) is 0 Å². The molecule has 84 valence electrons. The Morgan fingerprint density at radius 1 is 1.14 bits per heavy atom. The Labute approximate surface area is 86.4 Å². The smallest absolute Gasteiger partial charge is 0.216 e. The number of hydrogen-bond donors (Lipinski definition) is 1. The lowest BCUT2D eigenvalue weighted by molar-refractivity contribution is -0.243. The van der Waals surface area contributed by atoms with Gasteiger partial charge in [-0.15, -0.1) is 0 Å². The first-order valence-electron chi connectivity index (χ1n) is 5.17. The molecule has 0 aromatic carbocycles. The highest BCUT2D eigenvalue weighted by Crippen LogP contribution is 2.13. The Morgan fingerprint density at radius 2 is 1.64 bits per heavy atom. The van der Waals surface area contributed by atoms with Crippen LogP contribution in [-0.4, -0.2) is 60.1 Å². The van der Waals surface area contributed by atoms with E-state index in [1.807, 2.05) is 25.7 Å². The van der Waals surface area contributed by atoms with Gasteiger partial charge in [0.15, 0.2) is 0 Å². The Bertz CT molecular complexity index is 171. The van der Waals surface area contributed by atoms with Gasteiger partial charge < -0.3 is 14.7 Å². The van der Waals surface area contributed by atoms with E-state index in [9.17, 15) is 5.11 Å². The summed E-state index contributed by atoms with van der Waals surface area (Å²) >= 11 is 0. The first-order chi connectivity index (χ1) is 6.38. The Balaban J connectivity index is 2.34. The molecule has 1 unspecified atom stereocenters. The molecule has 4 heteroatoms. The summed E-state index contributed by atoms with van der Waals surface area (Å²) in [5.74, 6) is 0. The number of hydrogen-bond acceptors (Lipinski definition) is 4. The predicted octanol–water partition coefficient (Wildman–Crippen LogP) is 0.325. The molecule has 0 aromatic rings. The van der Waals surface area contributed by atoms with Crippen LogP contribution in [0, 0.1) is 0 Å². The van der Waals surface area contributed by atoms with Gasteiger partial charge in [-0.1, -0.05) is 0 Å². The van der Waals surface area contributed by atoms with Crippen molar-refractivity contribution >= 4 is 0 Å². The average molecular weight is 202 g/mol. The molecular formula is C10H22N2O2.